The van der Waals surface area contributed by atoms with Crippen LogP contribution in [0.4, 0.5) is 17.1 Å². The Bertz CT molecular complexity index is 552. The summed E-state index contributed by atoms with van der Waals surface area (Å²) in [5.41, 5.74) is 2.42. The second-order valence-electron chi connectivity index (χ2n) is 4.36. The van der Waals surface area contributed by atoms with E-state index in [1.54, 1.807) is 24.5 Å². The first-order valence-corrected chi connectivity index (χ1v) is 6.72. The number of anilines is 1. The van der Waals surface area contributed by atoms with Crippen LogP contribution in [0.5, 0.6) is 0 Å². The fourth-order valence-electron chi connectivity index (χ4n) is 1.87. The van der Waals surface area contributed by atoms with Crippen molar-refractivity contribution in [1.29, 1.82) is 0 Å². The van der Waals surface area contributed by atoms with Crippen molar-refractivity contribution >= 4 is 17.1 Å². The third-order valence-electron chi connectivity index (χ3n) is 2.90. The van der Waals surface area contributed by atoms with Gasteiger partial charge in [0.1, 0.15) is 0 Å². The van der Waals surface area contributed by atoms with E-state index >= 15 is 0 Å². The molecule has 21 heavy (non-hydrogen) atoms. The number of aliphatic hydroxyl groups is 2. The van der Waals surface area contributed by atoms with Crippen LogP contribution < -0.4 is 4.90 Å². The molecule has 0 unspecified atom stereocenters. The van der Waals surface area contributed by atoms with Gasteiger partial charge < -0.3 is 15.1 Å². The van der Waals surface area contributed by atoms with Gasteiger partial charge in [0.15, 0.2) is 0 Å². The Morgan fingerprint density at radius 3 is 1.86 bits per heavy atom. The molecule has 0 bridgehead atoms. The van der Waals surface area contributed by atoms with E-state index in [1.807, 2.05) is 29.2 Å². The quantitative estimate of drug-likeness (QED) is 0.765. The molecule has 6 nitrogen and oxygen atoms in total. The van der Waals surface area contributed by atoms with Gasteiger partial charge in [0.2, 0.25) is 0 Å². The normalized spacial score (nSPS) is 11.0. The molecule has 0 amide bonds. The summed E-state index contributed by atoms with van der Waals surface area (Å²) in [5, 5.41) is 26.3. The molecule has 6 heteroatoms. The van der Waals surface area contributed by atoms with Crippen LogP contribution in [0.25, 0.3) is 0 Å². The van der Waals surface area contributed by atoms with Crippen molar-refractivity contribution in [3.63, 3.8) is 0 Å². The summed E-state index contributed by atoms with van der Waals surface area (Å²) in [6, 6.07) is 11.0. The summed E-state index contributed by atoms with van der Waals surface area (Å²) < 4.78 is 0. The van der Waals surface area contributed by atoms with Crippen molar-refractivity contribution < 1.29 is 10.2 Å². The molecule has 1 heterocycles. The number of aromatic nitrogens is 1. The van der Waals surface area contributed by atoms with Gasteiger partial charge in [0.05, 0.1) is 24.6 Å². The predicted octanol–water partition coefficient (Wildman–Crippen LogP) is 2.29. The molecule has 1 aromatic carbocycles. The summed E-state index contributed by atoms with van der Waals surface area (Å²) in [6.07, 6.45) is 3.33. The van der Waals surface area contributed by atoms with Gasteiger partial charge in [0.25, 0.3) is 0 Å². The molecule has 0 aliphatic rings. The largest absolute Gasteiger partial charge is 0.395 e. The van der Waals surface area contributed by atoms with Crippen molar-refractivity contribution in [3.05, 3.63) is 48.8 Å². The Balaban J connectivity index is 2.06. The Labute approximate surface area is 123 Å². The first-order valence-electron chi connectivity index (χ1n) is 6.72. The Morgan fingerprint density at radius 2 is 1.33 bits per heavy atom. The van der Waals surface area contributed by atoms with Crippen LogP contribution >= 0.6 is 0 Å². The second kappa shape index (κ2) is 8.08. The smallest absolute Gasteiger partial charge is 0.0887 e. The van der Waals surface area contributed by atoms with Crippen LogP contribution in [-0.4, -0.2) is 41.5 Å². The molecule has 0 fully saturated rings. The molecule has 0 spiro atoms. The maximum Gasteiger partial charge on any atom is 0.0887 e. The van der Waals surface area contributed by atoms with E-state index in [0.717, 1.165) is 17.1 Å². The SMILES string of the molecule is OCCN(CCO)c1ccc(/N=N/c2ccncc2)cc1. The monoisotopic (exact) mass is 286 g/mol. The molecule has 0 aliphatic heterocycles. The molecule has 0 radical (unpaired) electrons. The highest BCUT2D eigenvalue weighted by Crippen LogP contribution is 2.21. The third kappa shape index (κ3) is 4.62. The van der Waals surface area contributed by atoms with E-state index in [0.29, 0.717) is 13.1 Å². The minimum absolute atomic E-state index is 0.0451. The molecule has 110 valence electrons. The number of benzene rings is 1. The topological polar surface area (TPSA) is 81.3 Å². The average molecular weight is 286 g/mol. The van der Waals surface area contributed by atoms with E-state index in [9.17, 15) is 0 Å². The van der Waals surface area contributed by atoms with Crippen LogP contribution in [0.3, 0.4) is 0 Å². The maximum absolute atomic E-state index is 9.03. The summed E-state index contributed by atoms with van der Waals surface area (Å²) in [7, 11) is 0. The average Bonchev–Trinajstić information content (AvgIpc) is 2.54. The molecule has 2 N–H and O–H groups in total. The third-order valence-corrected chi connectivity index (χ3v) is 2.90. The van der Waals surface area contributed by atoms with E-state index < -0.39 is 0 Å². The van der Waals surface area contributed by atoms with Crippen LogP contribution in [0.15, 0.2) is 59.0 Å². The van der Waals surface area contributed by atoms with Crippen LogP contribution in [-0.2, 0) is 0 Å². The Hall–Kier alpha value is -2.31. The molecular formula is C15H18N4O2. The minimum Gasteiger partial charge on any atom is -0.395 e. The number of hydrogen-bond acceptors (Lipinski definition) is 6. The highest BCUT2D eigenvalue weighted by Gasteiger charge is 2.04. The van der Waals surface area contributed by atoms with E-state index in [2.05, 4.69) is 15.2 Å². The van der Waals surface area contributed by atoms with Gasteiger partial charge in [-0.1, -0.05) is 0 Å². The number of aliphatic hydroxyl groups excluding tert-OH is 2. The maximum atomic E-state index is 9.03. The lowest BCUT2D eigenvalue weighted by Crippen LogP contribution is -2.29. The standard InChI is InChI=1S/C15H18N4O2/c20-11-9-19(10-12-21)15-3-1-13(2-4-15)17-18-14-5-7-16-8-6-14/h1-8,20-21H,9-12H2/b18-17+. The number of rotatable bonds is 7. The molecule has 0 saturated carbocycles. The molecule has 0 saturated heterocycles. The summed E-state index contributed by atoms with van der Waals surface area (Å²) in [4.78, 5) is 5.82. The van der Waals surface area contributed by atoms with Crippen LogP contribution in [0.1, 0.15) is 0 Å². The first-order chi connectivity index (χ1) is 10.3. The lowest BCUT2D eigenvalue weighted by atomic mass is 10.2. The molecule has 2 aromatic rings. The van der Waals surface area contributed by atoms with E-state index in [4.69, 9.17) is 10.2 Å². The zero-order valence-corrected chi connectivity index (χ0v) is 11.6. The van der Waals surface area contributed by atoms with Gasteiger partial charge in [-0.25, -0.2) is 0 Å². The molecule has 2 rings (SSSR count). The van der Waals surface area contributed by atoms with Gasteiger partial charge in [-0.3, -0.25) is 4.98 Å². The zero-order chi connectivity index (χ0) is 14.9. The van der Waals surface area contributed by atoms with Gasteiger partial charge in [-0.05, 0) is 36.4 Å². The van der Waals surface area contributed by atoms with E-state index in [1.165, 1.54) is 0 Å². The van der Waals surface area contributed by atoms with Crippen molar-refractivity contribution in [1.82, 2.24) is 4.98 Å². The minimum atomic E-state index is 0.0451. The van der Waals surface area contributed by atoms with E-state index in [-0.39, 0.29) is 13.2 Å². The fraction of sp³-hybridized carbons (Fsp3) is 0.267. The summed E-state index contributed by atoms with van der Waals surface area (Å²) in [6.45, 7) is 1.06. The summed E-state index contributed by atoms with van der Waals surface area (Å²) >= 11 is 0. The highest BCUT2D eigenvalue weighted by molar-refractivity contribution is 5.52. The molecular weight excluding hydrogens is 268 g/mol. The van der Waals surface area contributed by atoms with Crippen molar-refractivity contribution in [2.45, 2.75) is 0 Å². The first kappa shape index (κ1) is 15.1. The van der Waals surface area contributed by atoms with Crippen molar-refractivity contribution in [3.8, 4) is 0 Å². The number of azo groups is 1. The number of pyridine rings is 1. The highest BCUT2D eigenvalue weighted by atomic mass is 16.3. The van der Waals surface area contributed by atoms with Crippen LogP contribution in [0.2, 0.25) is 0 Å². The summed E-state index contributed by atoms with van der Waals surface area (Å²) in [5.74, 6) is 0. The lowest BCUT2D eigenvalue weighted by molar-refractivity contribution is 0.281. The lowest BCUT2D eigenvalue weighted by Gasteiger charge is -2.22. The van der Waals surface area contributed by atoms with Gasteiger partial charge in [0, 0.05) is 31.2 Å². The zero-order valence-electron chi connectivity index (χ0n) is 11.6. The van der Waals surface area contributed by atoms with Crippen LogP contribution in [0, 0.1) is 0 Å². The predicted molar refractivity (Wildman–Crippen MR) is 81.2 cm³/mol. The fourth-order valence-corrected chi connectivity index (χ4v) is 1.87. The molecule has 0 aliphatic carbocycles. The number of hydrogen-bond donors (Lipinski definition) is 2. The van der Waals surface area contributed by atoms with Gasteiger partial charge in [-0.2, -0.15) is 10.2 Å². The van der Waals surface area contributed by atoms with Crippen molar-refractivity contribution in [2.24, 2.45) is 10.2 Å². The molecule has 0 atom stereocenters. The number of nitrogens with zero attached hydrogens (tertiary/aromatic N) is 4. The Kier molecular flexibility index (Phi) is 5.81. The Morgan fingerprint density at radius 1 is 0.810 bits per heavy atom. The molecule has 1 aromatic heterocycles. The van der Waals surface area contributed by atoms with Gasteiger partial charge in [-0.15, -0.1) is 0 Å². The van der Waals surface area contributed by atoms with Crippen molar-refractivity contribution in [2.75, 3.05) is 31.2 Å². The van der Waals surface area contributed by atoms with Gasteiger partial charge >= 0.3 is 0 Å². The second-order valence-corrected chi connectivity index (χ2v) is 4.36.